The van der Waals surface area contributed by atoms with Crippen molar-refractivity contribution in [1.29, 1.82) is 0 Å². The van der Waals surface area contributed by atoms with Crippen molar-refractivity contribution in [2.45, 2.75) is 32.8 Å². The van der Waals surface area contributed by atoms with Gasteiger partial charge >= 0.3 is 0 Å². The monoisotopic (exact) mass is 395 g/mol. The zero-order valence-electron chi connectivity index (χ0n) is 16.2. The Kier molecular flexibility index (Phi) is 9.04. The second-order valence-corrected chi connectivity index (χ2v) is 7.75. The summed E-state index contributed by atoms with van der Waals surface area (Å²) in [5.74, 6) is 0.453. The van der Waals surface area contributed by atoms with E-state index in [1.807, 2.05) is 0 Å². The molecule has 2 N–H and O–H groups in total. The highest BCUT2D eigenvalue weighted by Gasteiger charge is 2.21. The van der Waals surface area contributed by atoms with Gasteiger partial charge in [0.1, 0.15) is 0 Å². The fourth-order valence-corrected chi connectivity index (χ4v) is 3.18. The van der Waals surface area contributed by atoms with Gasteiger partial charge in [-0.25, -0.2) is 0 Å². The quantitative estimate of drug-likeness (QED) is 0.629. The van der Waals surface area contributed by atoms with Crippen molar-refractivity contribution >= 4 is 23.4 Å². The number of hydrogen-bond acceptors (Lipinski definition) is 4. The van der Waals surface area contributed by atoms with Crippen LogP contribution in [0.15, 0.2) is 24.3 Å². The number of carbonyl (C=O) groups excluding carboxylic acids is 2. The van der Waals surface area contributed by atoms with Gasteiger partial charge in [-0.3, -0.25) is 14.5 Å². The molecule has 0 aromatic heterocycles. The number of carbonyl (C=O) groups is 2. The molecule has 0 bridgehead atoms. The van der Waals surface area contributed by atoms with Crippen LogP contribution in [0, 0.1) is 5.92 Å². The van der Waals surface area contributed by atoms with Gasteiger partial charge in [0.25, 0.3) is 5.91 Å². The van der Waals surface area contributed by atoms with Gasteiger partial charge in [0, 0.05) is 49.7 Å². The molecule has 0 aliphatic carbocycles. The molecule has 0 radical (unpaired) electrons. The number of rotatable bonds is 9. The van der Waals surface area contributed by atoms with Crippen LogP contribution in [-0.2, 0) is 9.53 Å². The smallest absolute Gasteiger partial charge is 0.251 e. The standard InChI is InChI=1S/C20H30ClN3O3/c1-15(2)13-24-10-11-27-18(14-24)12-23-19(25)4-3-9-22-20(26)16-5-7-17(21)8-6-16/h5-8,15,18H,3-4,9-14H2,1-2H3,(H,22,26)(H,23,25). The maximum absolute atomic E-state index is 12.0. The van der Waals surface area contributed by atoms with E-state index >= 15 is 0 Å². The molecular formula is C20H30ClN3O3. The lowest BCUT2D eigenvalue weighted by Crippen LogP contribution is -2.48. The van der Waals surface area contributed by atoms with Crippen LogP contribution in [-0.4, -0.2) is 62.1 Å². The van der Waals surface area contributed by atoms with Gasteiger partial charge in [-0.05, 0) is 36.6 Å². The van der Waals surface area contributed by atoms with Gasteiger partial charge in [-0.1, -0.05) is 25.4 Å². The molecule has 1 aliphatic heterocycles. The molecule has 1 unspecified atom stereocenters. The molecule has 0 spiro atoms. The highest BCUT2D eigenvalue weighted by atomic mass is 35.5. The maximum Gasteiger partial charge on any atom is 0.251 e. The number of ether oxygens (including phenoxy) is 1. The van der Waals surface area contributed by atoms with Crippen LogP contribution in [0.5, 0.6) is 0 Å². The van der Waals surface area contributed by atoms with Gasteiger partial charge in [0.05, 0.1) is 12.7 Å². The third-order valence-corrected chi connectivity index (χ3v) is 4.60. The fourth-order valence-electron chi connectivity index (χ4n) is 3.06. The summed E-state index contributed by atoms with van der Waals surface area (Å²) >= 11 is 5.81. The zero-order chi connectivity index (χ0) is 19.6. The minimum Gasteiger partial charge on any atom is -0.374 e. The second kappa shape index (κ2) is 11.3. The molecule has 2 rings (SSSR count). The Morgan fingerprint density at radius 2 is 2.00 bits per heavy atom. The molecule has 150 valence electrons. The predicted molar refractivity (Wildman–Crippen MR) is 107 cm³/mol. The van der Waals surface area contributed by atoms with E-state index in [4.69, 9.17) is 16.3 Å². The first-order chi connectivity index (χ1) is 12.9. The first kappa shape index (κ1) is 21.7. The number of nitrogens with zero attached hydrogens (tertiary/aromatic N) is 1. The van der Waals surface area contributed by atoms with Crippen LogP contribution in [0.25, 0.3) is 0 Å². The molecular weight excluding hydrogens is 366 g/mol. The first-order valence-electron chi connectivity index (χ1n) is 9.58. The highest BCUT2D eigenvalue weighted by Crippen LogP contribution is 2.09. The molecule has 1 fully saturated rings. The molecule has 2 amide bonds. The fraction of sp³-hybridized carbons (Fsp3) is 0.600. The average Bonchev–Trinajstić information content (AvgIpc) is 2.64. The van der Waals surface area contributed by atoms with Crippen LogP contribution in [0.1, 0.15) is 37.0 Å². The number of nitrogens with one attached hydrogen (secondary N) is 2. The minimum atomic E-state index is -0.159. The van der Waals surface area contributed by atoms with Crippen LogP contribution in [0.4, 0.5) is 0 Å². The predicted octanol–water partition coefficient (Wildman–Crippen LogP) is 2.32. The van der Waals surface area contributed by atoms with Crippen LogP contribution in [0.3, 0.4) is 0 Å². The third kappa shape index (κ3) is 8.28. The van der Waals surface area contributed by atoms with Gasteiger partial charge in [0.2, 0.25) is 5.91 Å². The number of halogens is 1. The normalized spacial score (nSPS) is 17.7. The van der Waals surface area contributed by atoms with E-state index in [2.05, 4.69) is 29.4 Å². The molecule has 0 saturated carbocycles. The number of benzene rings is 1. The number of morpholine rings is 1. The third-order valence-electron chi connectivity index (χ3n) is 4.35. The van der Waals surface area contributed by atoms with Crippen molar-refractivity contribution in [2.75, 3.05) is 39.3 Å². The van der Waals surface area contributed by atoms with Crippen LogP contribution >= 0.6 is 11.6 Å². The molecule has 1 aromatic carbocycles. The summed E-state index contributed by atoms with van der Waals surface area (Å²) < 4.78 is 5.73. The van der Waals surface area contributed by atoms with Crippen molar-refractivity contribution in [2.24, 2.45) is 5.92 Å². The van der Waals surface area contributed by atoms with Crippen molar-refractivity contribution in [1.82, 2.24) is 15.5 Å². The zero-order valence-corrected chi connectivity index (χ0v) is 16.9. The Labute approximate surface area is 166 Å². The van der Waals surface area contributed by atoms with E-state index in [0.717, 1.165) is 19.6 Å². The summed E-state index contributed by atoms with van der Waals surface area (Å²) in [6.45, 7) is 8.98. The van der Waals surface area contributed by atoms with E-state index in [0.29, 0.717) is 49.0 Å². The van der Waals surface area contributed by atoms with Gasteiger partial charge in [0.15, 0.2) is 0 Å². The SMILES string of the molecule is CC(C)CN1CCOC(CNC(=O)CCCNC(=O)c2ccc(Cl)cc2)C1. The molecule has 1 atom stereocenters. The maximum atomic E-state index is 12.0. The lowest BCUT2D eigenvalue weighted by molar-refractivity contribution is -0.122. The molecule has 1 aliphatic rings. The van der Waals surface area contributed by atoms with E-state index < -0.39 is 0 Å². The molecule has 1 heterocycles. The summed E-state index contributed by atoms with van der Waals surface area (Å²) in [5.41, 5.74) is 0.559. The Balaban J connectivity index is 1.58. The van der Waals surface area contributed by atoms with E-state index in [9.17, 15) is 9.59 Å². The molecule has 6 nitrogen and oxygen atoms in total. The second-order valence-electron chi connectivity index (χ2n) is 7.32. The van der Waals surface area contributed by atoms with E-state index in [1.54, 1.807) is 24.3 Å². The highest BCUT2D eigenvalue weighted by molar-refractivity contribution is 6.30. The van der Waals surface area contributed by atoms with Gasteiger partial charge in [-0.2, -0.15) is 0 Å². The van der Waals surface area contributed by atoms with Gasteiger partial charge < -0.3 is 15.4 Å². The molecule has 27 heavy (non-hydrogen) atoms. The summed E-state index contributed by atoms with van der Waals surface area (Å²) in [5, 5.41) is 6.34. The summed E-state index contributed by atoms with van der Waals surface area (Å²) in [6.07, 6.45) is 1.02. The molecule has 7 heteroatoms. The Bertz CT molecular complexity index is 607. The topological polar surface area (TPSA) is 70.7 Å². The number of hydrogen-bond donors (Lipinski definition) is 2. The van der Waals surface area contributed by atoms with Crippen molar-refractivity contribution < 1.29 is 14.3 Å². The Morgan fingerprint density at radius 3 is 2.70 bits per heavy atom. The van der Waals surface area contributed by atoms with E-state index in [1.165, 1.54) is 0 Å². The summed E-state index contributed by atoms with van der Waals surface area (Å²) in [6, 6.07) is 6.72. The Morgan fingerprint density at radius 1 is 1.26 bits per heavy atom. The summed E-state index contributed by atoms with van der Waals surface area (Å²) in [4.78, 5) is 26.3. The summed E-state index contributed by atoms with van der Waals surface area (Å²) in [7, 11) is 0. The minimum absolute atomic E-state index is 0.0136. The van der Waals surface area contributed by atoms with Crippen molar-refractivity contribution in [3.63, 3.8) is 0 Å². The first-order valence-corrected chi connectivity index (χ1v) is 9.96. The largest absolute Gasteiger partial charge is 0.374 e. The van der Waals surface area contributed by atoms with Gasteiger partial charge in [-0.15, -0.1) is 0 Å². The lowest BCUT2D eigenvalue weighted by atomic mass is 10.2. The Hall–Kier alpha value is -1.63. The van der Waals surface area contributed by atoms with Crippen molar-refractivity contribution in [3.8, 4) is 0 Å². The van der Waals surface area contributed by atoms with Crippen molar-refractivity contribution in [3.05, 3.63) is 34.9 Å². The molecule has 1 saturated heterocycles. The van der Waals surface area contributed by atoms with Crippen LogP contribution < -0.4 is 10.6 Å². The molecule has 1 aromatic rings. The number of amides is 2. The van der Waals surface area contributed by atoms with Crippen LogP contribution in [0.2, 0.25) is 5.02 Å². The lowest BCUT2D eigenvalue weighted by Gasteiger charge is -2.33. The van der Waals surface area contributed by atoms with E-state index in [-0.39, 0.29) is 17.9 Å². The average molecular weight is 396 g/mol.